The van der Waals surface area contributed by atoms with Gasteiger partial charge in [0.2, 0.25) is 17.7 Å². The van der Waals surface area contributed by atoms with Crippen LogP contribution < -0.4 is 27.4 Å². The molecule has 35 heteroatoms. The molecule has 4 heterocycles. The van der Waals surface area contributed by atoms with Crippen LogP contribution in [0.4, 0.5) is 4.79 Å². The number of carbonyl (C=O) groups is 7. The number of Topliss-reactive ketones (excluding diaryl/α,β-unsaturated/α-hetero) is 1. The molecule has 4 aliphatic heterocycles. The third kappa shape index (κ3) is 23.9. The Balaban J connectivity index is 1.28. The lowest BCUT2D eigenvalue weighted by atomic mass is 9.85. The van der Waals surface area contributed by atoms with E-state index in [1.165, 1.54) is 18.1 Å². The summed E-state index contributed by atoms with van der Waals surface area (Å²) in [6.45, 7) is 17.2. The number of nitrogens with one attached hydrogen (secondary N) is 3. The Hall–Kier alpha value is -5.96. The van der Waals surface area contributed by atoms with Gasteiger partial charge in [-0.15, -0.1) is 0 Å². The van der Waals surface area contributed by atoms with E-state index >= 15 is 0 Å². The van der Waals surface area contributed by atoms with Gasteiger partial charge >= 0.3 is 19.9 Å². The van der Waals surface area contributed by atoms with Gasteiger partial charge in [-0.2, -0.15) is 0 Å². The summed E-state index contributed by atoms with van der Waals surface area (Å²) in [5.74, 6) is -7.29. The smallest absolute Gasteiger partial charge is 0.474 e. The van der Waals surface area contributed by atoms with Gasteiger partial charge in [-0.05, 0) is 85.0 Å². The number of nitrogens with two attached hydrogens (primary N) is 2. The molecule has 1 aliphatic carbocycles. The Morgan fingerprint density at radius 3 is 1.89 bits per heavy atom. The van der Waals surface area contributed by atoms with E-state index in [2.05, 4.69) is 81.5 Å². The first kappa shape index (κ1) is 81.7. The number of hydrogen-bond donors (Lipinski definition) is 15. The zero-order chi connectivity index (χ0) is 72.6. The van der Waals surface area contributed by atoms with Crippen molar-refractivity contribution in [1.29, 1.82) is 0 Å². The second-order valence-corrected chi connectivity index (χ2v) is 26.8. The Morgan fingerprint density at radius 2 is 1.31 bits per heavy atom. The summed E-state index contributed by atoms with van der Waals surface area (Å²) < 4.78 is 75.7. The van der Waals surface area contributed by atoms with E-state index in [0.29, 0.717) is 12.8 Å². The van der Waals surface area contributed by atoms with Crippen LogP contribution in [0.1, 0.15) is 120 Å². The van der Waals surface area contributed by atoms with Gasteiger partial charge in [-0.3, -0.25) is 33.0 Å². The molecule has 22 atom stereocenters. The van der Waals surface area contributed by atoms with Crippen molar-refractivity contribution in [3.8, 4) is 0 Å². The zero-order valence-corrected chi connectivity index (χ0v) is 56.4. The lowest BCUT2D eigenvalue weighted by Gasteiger charge is -2.50. The van der Waals surface area contributed by atoms with Gasteiger partial charge in [0.05, 0.1) is 25.9 Å². The van der Waals surface area contributed by atoms with Crippen molar-refractivity contribution in [2.75, 3.05) is 19.8 Å². The molecular weight excluding hydrogens is 1310 g/mol. The highest BCUT2D eigenvalue weighted by Crippen LogP contribution is 2.48. The summed E-state index contributed by atoms with van der Waals surface area (Å²) in [7, 11) is -5.71. The maximum atomic E-state index is 13.8. The lowest BCUT2D eigenvalue weighted by Crippen LogP contribution is -2.71. The standard InChI is InChI=1S/C62H96N5O29P/c1-28(2)14-13-16-29(3)17-18-31(5)21-24-62(9,10)23-12-11-15-30(4)22-25-86-38(56(81)82)27-87-97(84,85)96-60-53(50(95-61(64)83)47(78)51(92-60)54(63)79)94-58-41(66-34(8)70)43(74)49(37(26-68)89-58)91-57-40(65-33(7)69)42(73)48(32(6)88-57)90-59-46(77)44(75)45(76)52(93-59)55(80)67-39-35(71)19-20-36(39)72/h12,14,17,22-23,32,37-38,40-53,57-60,68,71,73-78H,5,11,13,15-16,18-21,24-27H2,1-4,6-10H3,(H2,63,79)(H2,64,83)(H,65,69)(H,66,70)(H,67,80)(H,81,82)(H,84,85)/b23-12+,29-17+,30-22-/t32-,37-,38-,40-,41-,42-,43-,44+,45-,46-,47+,48-,49-,50+,51+,52+,53-,57+,58+,59-,60-/m1/s1. The highest BCUT2D eigenvalue weighted by atomic mass is 31.2. The number of ether oxygens (including phenoxy) is 9. The fourth-order valence-electron chi connectivity index (χ4n) is 11.0. The number of carbonyl (C=O) groups excluding carboxylic acids is 6. The number of hydrogen-bond acceptors (Lipinski definition) is 27. The number of phosphoric ester groups is 1. The largest absolute Gasteiger partial charge is 0.510 e. The molecule has 5 aliphatic rings. The molecule has 0 radical (unpaired) electrons. The molecule has 34 nitrogen and oxygen atoms in total. The van der Waals surface area contributed by atoms with Gasteiger partial charge in [0, 0.05) is 26.7 Å². The van der Waals surface area contributed by atoms with Crippen molar-refractivity contribution in [1.82, 2.24) is 16.0 Å². The van der Waals surface area contributed by atoms with E-state index in [0.717, 1.165) is 57.1 Å². The van der Waals surface area contributed by atoms with Gasteiger partial charge in [-0.1, -0.05) is 73.1 Å². The highest BCUT2D eigenvalue weighted by Gasteiger charge is 2.58. The van der Waals surface area contributed by atoms with Crippen molar-refractivity contribution in [2.45, 2.75) is 249 Å². The van der Waals surface area contributed by atoms with Gasteiger partial charge in [0.1, 0.15) is 78.5 Å². The number of carboxylic acid groups (broad SMARTS) is 1. The first-order valence-electron chi connectivity index (χ1n) is 31.5. The number of ketones is 1. The number of primary amides is 2. The molecule has 1 unspecified atom stereocenters. The summed E-state index contributed by atoms with van der Waals surface area (Å²) in [6.07, 6.45) is -25.4. The van der Waals surface area contributed by atoms with E-state index in [9.17, 15) is 89.0 Å². The van der Waals surface area contributed by atoms with Gasteiger partial charge in [-0.25, -0.2) is 14.2 Å². The molecule has 4 saturated heterocycles. The van der Waals surface area contributed by atoms with Crippen LogP contribution in [0.25, 0.3) is 0 Å². The average molecular weight is 1410 g/mol. The quantitative estimate of drug-likeness (QED) is 0.0292. The predicted molar refractivity (Wildman–Crippen MR) is 335 cm³/mol. The van der Waals surface area contributed by atoms with Gasteiger partial charge in [0.25, 0.3) is 5.91 Å². The zero-order valence-electron chi connectivity index (χ0n) is 55.5. The number of aliphatic carboxylic acids is 1. The molecule has 97 heavy (non-hydrogen) atoms. The number of carboxylic acids is 1. The first-order valence-corrected chi connectivity index (χ1v) is 33.0. The van der Waals surface area contributed by atoms with Crippen LogP contribution in [0.5, 0.6) is 0 Å². The first-order chi connectivity index (χ1) is 45.3. The summed E-state index contributed by atoms with van der Waals surface area (Å²) >= 11 is 0. The molecule has 548 valence electrons. The van der Waals surface area contributed by atoms with Crippen molar-refractivity contribution in [3.05, 3.63) is 70.7 Å². The number of aliphatic hydroxyl groups is 8. The van der Waals surface area contributed by atoms with Crippen molar-refractivity contribution < 1.29 is 141 Å². The Morgan fingerprint density at radius 1 is 0.722 bits per heavy atom. The van der Waals surface area contributed by atoms with E-state index in [1.807, 2.05) is 0 Å². The molecule has 0 aromatic heterocycles. The third-order valence-corrected chi connectivity index (χ3v) is 17.4. The van der Waals surface area contributed by atoms with Crippen LogP contribution in [-0.2, 0) is 85.0 Å². The van der Waals surface area contributed by atoms with Crippen LogP contribution in [0.3, 0.4) is 0 Å². The van der Waals surface area contributed by atoms with Crippen LogP contribution in [0, 0.1) is 5.41 Å². The van der Waals surface area contributed by atoms with Gasteiger partial charge < -0.3 is 121 Å². The molecule has 0 aromatic rings. The summed E-state index contributed by atoms with van der Waals surface area (Å²) in [4.78, 5) is 99.6. The normalized spacial score (nSPS) is 33.0. The highest BCUT2D eigenvalue weighted by molar-refractivity contribution is 7.47. The van der Waals surface area contributed by atoms with E-state index in [1.54, 1.807) is 13.0 Å². The Kier molecular flexibility index (Phi) is 31.1. The Bertz CT molecular complexity index is 2970. The van der Waals surface area contributed by atoms with Crippen LogP contribution in [0.2, 0.25) is 0 Å². The molecule has 4 fully saturated rings. The van der Waals surface area contributed by atoms with Crippen molar-refractivity contribution in [3.63, 3.8) is 0 Å². The average Bonchev–Trinajstić information content (AvgIpc) is 1.23. The minimum Gasteiger partial charge on any atom is -0.510 e. The fourth-order valence-corrected chi connectivity index (χ4v) is 11.8. The van der Waals surface area contributed by atoms with E-state index in [-0.39, 0.29) is 24.9 Å². The molecule has 17 N–H and O–H groups in total. The fraction of sp³-hybridized carbons (Fsp3) is 0.694. The molecule has 0 bridgehead atoms. The number of amides is 5. The van der Waals surface area contributed by atoms with Crippen molar-refractivity contribution >= 4 is 49.3 Å². The monoisotopic (exact) mass is 1410 g/mol. The van der Waals surface area contributed by atoms with Crippen LogP contribution in [0.15, 0.2) is 70.7 Å². The number of phosphoric acid groups is 1. The van der Waals surface area contributed by atoms with Gasteiger partial charge in [0.15, 0.2) is 61.5 Å². The molecule has 5 rings (SSSR count). The molecule has 0 spiro atoms. The Labute approximate surface area is 560 Å². The number of aliphatic hydroxyl groups excluding tert-OH is 8. The summed E-state index contributed by atoms with van der Waals surface area (Å²) in [5, 5.41) is 106. The summed E-state index contributed by atoms with van der Waals surface area (Å²) in [5.41, 5.74) is 14.8. The molecule has 0 aromatic carbocycles. The third-order valence-electron chi connectivity index (χ3n) is 16.4. The topological polar surface area (TPSA) is 529 Å². The molecule has 0 saturated carbocycles. The lowest BCUT2D eigenvalue weighted by molar-refractivity contribution is -0.365. The van der Waals surface area contributed by atoms with Crippen LogP contribution >= 0.6 is 7.82 Å². The van der Waals surface area contributed by atoms with Crippen LogP contribution in [-0.4, -0.2) is 241 Å². The SMILES string of the molecule is C=C(C/C=C(\C)CCC=C(C)C)CCC(C)(C)/C=C/CC/C(C)=C\CO[C@H](COP(=O)(O)O[C@H]1O[C@H](C(N)=O)[C@@H](O)[C@H](OC(N)=O)[C@H]1O[C@@H]1O[C@H](CO)[C@@H](O[C@@H]2O[C@H](C)[C@@H](O[C@@H]3O[C@H](C(=O)NC4=C(O)CCC4=O)[C@H](O)[C@H](O)[C@H]3O)[C@H](O)[C@H]2NC(C)=O)[C@H](O)[C@H]1NC(C)=O)C(=O)O. The van der Waals surface area contributed by atoms with Crippen molar-refractivity contribution in [2.24, 2.45) is 16.9 Å². The number of allylic oxidation sites excluding steroid dienone is 10. The summed E-state index contributed by atoms with van der Waals surface area (Å²) in [6, 6.07) is -3.71. The van der Waals surface area contributed by atoms with E-state index in [4.69, 9.17) is 63.1 Å². The number of rotatable bonds is 34. The molecule has 5 amide bonds. The maximum Gasteiger partial charge on any atom is 0.474 e. The minimum atomic E-state index is -5.71. The second kappa shape index (κ2) is 36.9. The molecular formula is C62H96N5O29P. The second-order valence-electron chi connectivity index (χ2n) is 25.4. The minimum absolute atomic E-state index is 0.0952. The van der Waals surface area contributed by atoms with E-state index < -0.39 is 203 Å². The maximum absolute atomic E-state index is 13.8. The predicted octanol–water partition coefficient (Wildman–Crippen LogP) is -0.242.